The molecule has 2 aromatic rings. The standard InChI is InChI=1S/C12H16N4S/c1-8-3-5-10(6-4-8)17-7-11-14-12(9(2)13)16-15-11/h3-6,9H,7,13H2,1-2H3,(H,14,15,16). The number of hydrogen-bond donors (Lipinski definition) is 2. The number of aromatic nitrogens is 3. The Hall–Kier alpha value is -1.33. The van der Waals surface area contributed by atoms with E-state index >= 15 is 0 Å². The Labute approximate surface area is 105 Å². The molecule has 5 heteroatoms. The van der Waals surface area contributed by atoms with E-state index in [0.29, 0.717) is 5.82 Å². The third kappa shape index (κ3) is 3.31. The lowest BCUT2D eigenvalue weighted by Gasteiger charge is -1.99. The Bertz CT molecular complexity index is 476. The Morgan fingerprint density at radius 1 is 1.35 bits per heavy atom. The van der Waals surface area contributed by atoms with Gasteiger partial charge in [-0.15, -0.1) is 11.8 Å². The van der Waals surface area contributed by atoms with Gasteiger partial charge >= 0.3 is 0 Å². The highest BCUT2D eigenvalue weighted by atomic mass is 32.2. The molecular formula is C12H16N4S. The monoisotopic (exact) mass is 248 g/mol. The van der Waals surface area contributed by atoms with Crippen molar-refractivity contribution in [2.45, 2.75) is 30.5 Å². The number of aryl methyl sites for hydroxylation is 1. The summed E-state index contributed by atoms with van der Waals surface area (Å²) in [5.74, 6) is 2.32. The molecule has 1 aromatic heterocycles. The molecule has 4 nitrogen and oxygen atoms in total. The van der Waals surface area contributed by atoms with Crippen molar-refractivity contribution in [3.05, 3.63) is 41.5 Å². The summed E-state index contributed by atoms with van der Waals surface area (Å²) in [5, 5.41) is 6.97. The van der Waals surface area contributed by atoms with E-state index in [4.69, 9.17) is 5.73 Å². The molecule has 0 saturated heterocycles. The summed E-state index contributed by atoms with van der Waals surface area (Å²) in [7, 11) is 0. The van der Waals surface area contributed by atoms with Crippen molar-refractivity contribution in [2.24, 2.45) is 5.73 Å². The Morgan fingerprint density at radius 2 is 2.06 bits per heavy atom. The fraction of sp³-hybridized carbons (Fsp3) is 0.333. The Morgan fingerprint density at radius 3 is 2.65 bits per heavy atom. The van der Waals surface area contributed by atoms with Crippen molar-refractivity contribution in [2.75, 3.05) is 0 Å². The Kier molecular flexibility index (Phi) is 3.81. The minimum atomic E-state index is -0.121. The van der Waals surface area contributed by atoms with Crippen molar-refractivity contribution < 1.29 is 0 Å². The van der Waals surface area contributed by atoms with Crippen molar-refractivity contribution >= 4 is 11.8 Å². The number of aromatic amines is 1. The minimum absolute atomic E-state index is 0.121. The van der Waals surface area contributed by atoms with Gasteiger partial charge in [-0.05, 0) is 26.0 Å². The summed E-state index contributed by atoms with van der Waals surface area (Å²) in [6, 6.07) is 8.32. The van der Waals surface area contributed by atoms with E-state index in [0.717, 1.165) is 11.6 Å². The smallest absolute Gasteiger partial charge is 0.167 e. The lowest BCUT2D eigenvalue weighted by atomic mass is 10.2. The molecule has 0 aliphatic rings. The van der Waals surface area contributed by atoms with Crippen molar-refractivity contribution in [1.82, 2.24) is 15.2 Å². The second kappa shape index (κ2) is 5.33. The maximum absolute atomic E-state index is 5.70. The predicted molar refractivity (Wildman–Crippen MR) is 69.7 cm³/mol. The van der Waals surface area contributed by atoms with Gasteiger partial charge in [0.05, 0.1) is 11.8 Å². The Balaban J connectivity index is 1.95. The van der Waals surface area contributed by atoms with Crippen LogP contribution in [0.3, 0.4) is 0 Å². The summed E-state index contributed by atoms with van der Waals surface area (Å²) in [4.78, 5) is 5.56. The fourth-order valence-electron chi connectivity index (χ4n) is 1.36. The van der Waals surface area contributed by atoms with Crippen LogP contribution in [0.5, 0.6) is 0 Å². The molecule has 3 N–H and O–H groups in total. The number of nitrogens with two attached hydrogens (primary N) is 1. The first kappa shape index (κ1) is 12.1. The largest absolute Gasteiger partial charge is 0.321 e. The van der Waals surface area contributed by atoms with Gasteiger partial charge in [-0.2, -0.15) is 5.10 Å². The van der Waals surface area contributed by atoms with Crippen molar-refractivity contribution in [1.29, 1.82) is 0 Å². The first-order valence-corrected chi connectivity index (χ1v) is 6.50. The number of H-pyrrole nitrogens is 1. The third-order valence-corrected chi connectivity index (χ3v) is 3.38. The van der Waals surface area contributed by atoms with Gasteiger partial charge < -0.3 is 5.73 Å². The quantitative estimate of drug-likeness (QED) is 0.815. The van der Waals surface area contributed by atoms with E-state index in [9.17, 15) is 0 Å². The van der Waals surface area contributed by atoms with Crippen LogP contribution in [0.2, 0.25) is 0 Å². The van der Waals surface area contributed by atoms with E-state index < -0.39 is 0 Å². The number of thioether (sulfide) groups is 1. The molecule has 0 saturated carbocycles. The molecule has 0 spiro atoms. The van der Waals surface area contributed by atoms with Crippen molar-refractivity contribution in [3.63, 3.8) is 0 Å². The molecule has 0 aliphatic heterocycles. The lowest BCUT2D eigenvalue weighted by Crippen LogP contribution is -2.06. The number of nitrogens with one attached hydrogen (secondary N) is 1. The van der Waals surface area contributed by atoms with Crippen LogP contribution in [0.15, 0.2) is 29.2 Å². The first-order valence-electron chi connectivity index (χ1n) is 5.51. The zero-order valence-corrected chi connectivity index (χ0v) is 10.8. The van der Waals surface area contributed by atoms with Crippen LogP contribution < -0.4 is 5.73 Å². The van der Waals surface area contributed by atoms with E-state index in [2.05, 4.69) is 46.4 Å². The highest BCUT2D eigenvalue weighted by Crippen LogP contribution is 2.21. The summed E-state index contributed by atoms with van der Waals surface area (Å²) >= 11 is 1.73. The fourth-order valence-corrected chi connectivity index (χ4v) is 2.13. The van der Waals surface area contributed by atoms with Gasteiger partial charge in [0.1, 0.15) is 5.82 Å². The summed E-state index contributed by atoms with van der Waals surface area (Å²) in [6.07, 6.45) is 0. The molecular weight excluding hydrogens is 232 g/mol. The average Bonchev–Trinajstić information content (AvgIpc) is 2.77. The summed E-state index contributed by atoms with van der Waals surface area (Å²) in [5.41, 5.74) is 6.97. The van der Waals surface area contributed by atoms with Gasteiger partial charge in [-0.25, -0.2) is 4.98 Å². The molecule has 0 radical (unpaired) electrons. The highest BCUT2D eigenvalue weighted by molar-refractivity contribution is 7.98. The van der Waals surface area contributed by atoms with Crippen LogP contribution in [0.4, 0.5) is 0 Å². The van der Waals surface area contributed by atoms with Crippen molar-refractivity contribution in [3.8, 4) is 0 Å². The molecule has 17 heavy (non-hydrogen) atoms. The van der Waals surface area contributed by atoms with Gasteiger partial charge in [-0.1, -0.05) is 17.7 Å². The van der Waals surface area contributed by atoms with Crippen LogP contribution >= 0.6 is 11.8 Å². The number of hydrogen-bond acceptors (Lipinski definition) is 4. The second-order valence-electron chi connectivity index (χ2n) is 4.03. The van der Waals surface area contributed by atoms with Gasteiger partial charge in [0, 0.05) is 4.90 Å². The molecule has 0 aliphatic carbocycles. The number of nitrogens with zero attached hydrogens (tertiary/aromatic N) is 2. The SMILES string of the molecule is Cc1ccc(SCc2nc(C(C)N)n[nH]2)cc1. The maximum Gasteiger partial charge on any atom is 0.167 e. The minimum Gasteiger partial charge on any atom is -0.321 e. The highest BCUT2D eigenvalue weighted by Gasteiger charge is 2.07. The molecule has 1 unspecified atom stereocenters. The molecule has 1 aromatic carbocycles. The third-order valence-electron chi connectivity index (χ3n) is 2.35. The van der Waals surface area contributed by atoms with Gasteiger partial charge in [-0.3, -0.25) is 5.10 Å². The van der Waals surface area contributed by atoms with Crippen LogP contribution in [-0.4, -0.2) is 15.2 Å². The number of rotatable bonds is 4. The zero-order chi connectivity index (χ0) is 12.3. The van der Waals surface area contributed by atoms with Crippen LogP contribution in [-0.2, 0) is 5.75 Å². The van der Waals surface area contributed by atoms with E-state index in [1.165, 1.54) is 10.5 Å². The normalized spacial score (nSPS) is 12.6. The molecule has 0 amide bonds. The number of benzene rings is 1. The van der Waals surface area contributed by atoms with E-state index in [1.54, 1.807) is 11.8 Å². The first-order chi connectivity index (χ1) is 8.15. The lowest BCUT2D eigenvalue weighted by molar-refractivity contribution is 0.745. The molecule has 90 valence electrons. The molecule has 0 fully saturated rings. The molecule has 1 atom stereocenters. The maximum atomic E-state index is 5.70. The summed E-state index contributed by atoms with van der Waals surface area (Å²) < 4.78 is 0. The van der Waals surface area contributed by atoms with Crippen LogP contribution in [0, 0.1) is 6.92 Å². The average molecular weight is 248 g/mol. The zero-order valence-electron chi connectivity index (χ0n) is 9.97. The molecule has 1 heterocycles. The molecule has 0 bridgehead atoms. The van der Waals surface area contributed by atoms with Gasteiger partial charge in [0.2, 0.25) is 0 Å². The van der Waals surface area contributed by atoms with Crippen LogP contribution in [0.1, 0.15) is 30.2 Å². The predicted octanol–water partition coefficient (Wildman–Crippen LogP) is 2.43. The second-order valence-corrected chi connectivity index (χ2v) is 5.08. The van der Waals surface area contributed by atoms with E-state index in [-0.39, 0.29) is 6.04 Å². The van der Waals surface area contributed by atoms with Gasteiger partial charge in [0.15, 0.2) is 5.82 Å². The van der Waals surface area contributed by atoms with E-state index in [1.807, 2.05) is 6.92 Å². The summed E-state index contributed by atoms with van der Waals surface area (Å²) in [6.45, 7) is 3.96. The van der Waals surface area contributed by atoms with Crippen LogP contribution in [0.25, 0.3) is 0 Å². The topological polar surface area (TPSA) is 67.6 Å². The molecule has 2 rings (SSSR count). The van der Waals surface area contributed by atoms with Gasteiger partial charge in [0.25, 0.3) is 0 Å².